The first-order valence-corrected chi connectivity index (χ1v) is 10.5. The summed E-state index contributed by atoms with van der Waals surface area (Å²) in [4.78, 5) is 12.1. The van der Waals surface area contributed by atoms with Gasteiger partial charge in [0, 0.05) is 19.5 Å². The molecule has 3 N–H and O–H groups in total. The molecule has 0 spiro atoms. The summed E-state index contributed by atoms with van der Waals surface area (Å²) in [5, 5.41) is 8.06. The summed E-state index contributed by atoms with van der Waals surface area (Å²) in [5.41, 5.74) is 0. The van der Waals surface area contributed by atoms with E-state index in [4.69, 9.17) is 0 Å². The molecule has 7 heteroatoms. The first-order valence-electron chi connectivity index (χ1n) is 9.00. The van der Waals surface area contributed by atoms with E-state index in [-0.39, 0.29) is 23.8 Å². The lowest BCUT2D eigenvalue weighted by atomic mass is 10.00. The van der Waals surface area contributed by atoms with Crippen LogP contribution in [0.15, 0.2) is 47.4 Å². The van der Waals surface area contributed by atoms with Gasteiger partial charge in [0.1, 0.15) is 0 Å². The van der Waals surface area contributed by atoms with Crippen LogP contribution in [0.3, 0.4) is 0 Å². The largest absolute Gasteiger partial charge is 0.356 e. The Morgan fingerprint density at radius 1 is 1.15 bits per heavy atom. The number of benzene rings is 2. The Morgan fingerprint density at radius 2 is 1.96 bits per heavy atom. The van der Waals surface area contributed by atoms with Gasteiger partial charge < -0.3 is 10.6 Å². The van der Waals surface area contributed by atoms with Crippen molar-refractivity contribution in [1.29, 1.82) is 0 Å². The number of hydrogen-bond donors (Lipinski definition) is 3. The van der Waals surface area contributed by atoms with Crippen molar-refractivity contribution in [3.8, 4) is 0 Å². The number of piperidine rings is 1. The highest BCUT2D eigenvalue weighted by molar-refractivity contribution is 7.89. The third kappa shape index (κ3) is 5.03. The zero-order valence-electron chi connectivity index (χ0n) is 14.7. The van der Waals surface area contributed by atoms with Crippen LogP contribution in [0.2, 0.25) is 0 Å². The van der Waals surface area contributed by atoms with Crippen LogP contribution in [0.25, 0.3) is 10.8 Å². The summed E-state index contributed by atoms with van der Waals surface area (Å²) in [6, 6.07) is 12.6. The average molecular weight is 375 g/mol. The lowest BCUT2D eigenvalue weighted by molar-refractivity contribution is -0.121. The molecule has 0 aliphatic carbocycles. The fraction of sp³-hybridized carbons (Fsp3) is 0.421. The Kier molecular flexibility index (Phi) is 6.24. The van der Waals surface area contributed by atoms with E-state index >= 15 is 0 Å². The fourth-order valence-corrected chi connectivity index (χ4v) is 4.23. The molecule has 1 saturated heterocycles. The molecule has 1 fully saturated rings. The van der Waals surface area contributed by atoms with Crippen LogP contribution in [0.5, 0.6) is 0 Å². The van der Waals surface area contributed by atoms with E-state index in [1.54, 1.807) is 18.2 Å². The first-order chi connectivity index (χ1) is 12.5. The van der Waals surface area contributed by atoms with E-state index in [1.165, 1.54) is 0 Å². The Balaban J connectivity index is 1.48. The van der Waals surface area contributed by atoms with Gasteiger partial charge in [-0.25, -0.2) is 13.1 Å². The van der Waals surface area contributed by atoms with Gasteiger partial charge in [0.25, 0.3) is 0 Å². The number of hydrogen-bond acceptors (Lipinski definition) is 4. The van der Waals surface area contributed by atoms with Gasteiger partial charge >= 0.3 is 0 Å². The maximum Gasteiger partial charge on any atom is 0.240 e. The van der Waals surface area contributed by atoms with Gasteiger partial charge in [-0.2, -0.15) is 0 Å². The van der Waals surface area contributed by atoms with Crippen molar-refractivity contribution in [2.45, 2.75) is 24.2 Å². The van der Waals surface area contributed by atoms with Crippen molar-refractivity contribution in [3.63, 3.8) is 0 Å². The molecule has 2 aromatic carbocycles. The molecule has 1 amide bonds. The Hall–Kier alpha value is -1.96. The number of carbonyl (C=O) groups excluding carboxylic acids is 1. The molecule has 3 rings (SSSR count). The van der Waals surface area contributed by atoms with Gasteiger partial charge in [-0.3, -0.25) is 4.79 Å². The highest BCUT2D eigenvalue weighted by atomic mass is 32.2. The monoisotopic (exact) mass is 375 g/mol. The predicted octanol–water partition coefficient (Wildman–Crippen LogP) is 1.62. The van der Waals surface area contributed by atoms with Gasteiger partial charge in [0.05, 0.1) is 4.90 Å². The number of amides is 1. The fourth-order valence-electron chi connectivity index (χ4n) is 3.16. The Labute approximate surface area is 154 Å². The molecule has 26 heavy (non-hydrogen) atoms. The Bertz CT molecular complexity index is 861. The highest BCUT2D eigenvalue weighted by Gasteiger charge is 2.16. The normalized spacial score (nSPS) is 17.9. The summed E-state index contributed by atoms with van der Waals surface area (Å²) in [5.74, 6) is 0.332. The molecule has 1 heterocycles. The molecular formula is C19H25N3O3S. The minimum Gasteiger partial charge on any atom is -0.356 e. The lowest BCUT2D eigenvalue weighted by Gasteiger charge is -2.22. The highest BCUT2D eigenvalue weighted by Crippen LogP contribution is 2.18. The molecule has 1 aliphatic rings. The molecule has 6 nitrogen and oxygen atoms in total. The lowest BCUT2D eigenvalue weighted by Crippen LogP contribution is -2.39. The van der Waals surface area contributed by atoms with Crippen molar-refractivity contribution in [1.82, 2.24) is 15.4 Å². The van der Waals surface area contributed by atoms with Crippen molar-refractivity contribution < 1.29 is 13.2 Å². The molecule has 0 radical (unpaired) electrons. The molecule has 0 aromatic heterocycles. The molecule has 0 bridgehead atoms. The van der Waals surface area contributed by atoms with Gasteiger partial charge in [-0.05, 0) is 54.8 Å². The summed E-state index contributed by atoms with van der Waals surface area (Å²) in [6.45, 7) is 2.70. The van der Waals surface area contributed by atoms with Crippen molar-refractivity contribution in [2.24, 2.45) is 5.92 Å². The topological polar surface area (TPSA) is 87.3 Å². The number of nitrogens with one attached hydrogen (secondary N) is 3. The van der Waals surface area contributed by atoms with Crippen molar-refractivity contribution >= 4 is 26.7 Å². The van der Waals surface area contributed by atoms with E-state index in [1.807, 2.05) is 24.3 Å². The summed E-state index contributed by atoms with van der Waals surface area (Å²) >= 11 is 0. The van der Waals surface area contributed by atoms with E-state index in [9.17, 15) is 13.2 Å². The second-order valence-electron chi connectivity index (χ2n) is 6.67. The SMILES string of the molecule is O=C(CCNS(=O)(=O)c1ccc2ccccc2c1)NCC1CCCNC1. The second-order valence-corrected chi connectivity index (χ2v) is 8.44. The standard InChI is InChI=1S/C19H25N3O3S/c23-19(21-14-15-4-3-10-20-13-15)9-11-22-26(24,25)18-8-7-16-5-1-2-6-17(16)12-18/h1-2,5-8,12,15,20,22H,3-4,9-11,13-14H2,(H,21,23). The number of sulfonamides is 1. The Morgan fingerprint density at radius 3 is 2.73 bits per heavy atom. The zero-order chi connectivity index (χ0) is 18.4. The first kappa shape index (κ1) is 18.8. The minimum atomic E-state index is -3.62. The number of fused-ring (bicyclic) bond motifs is 1. The van der Waals surface area contributed by atoms with E-state index in [0.717, 1.165) is 36.7 Å². The van der Waals surface area contributed by atoms with Crippen LogP contribution in [0, 0.1) is 5.92 Å². The summed E-state index contributed by atoms with van der Waals surface area (Å²) < 4.78 is 27.3. The van der Waals surface area contributed by atoms with Crippen LogP contribution < -0.4 is 15.4 Å². The number of rotatable bonds is 7. The van der Waals surface area contributed by atoms with Gasteiger partial charge in [0.15, 0.2) is 0 Å². The van der Waals surface area contributed by atoms with Crippen LogP contribution in [-0.4, -0.2) is 40.5 Å². The maximum atomic E-state index is 12.4. The van der Waals surface area contributed by atoms with Crippen molar-refractivity contribution in [3.05, 3.63) is 42.5 Å². The van der Waals surface area contributed by atoms with Crippen molar-refractivity contribution in [2.75, 3.05) is 26.2 Å². The smallest absolute Gasteiger partial charge is 0.240 e. The quantitative estimate of drug-likeness (QED) is 0.686. The molecule has 1 unspecified atom stereocenters. The molecule has 0 saturated carbocycles. The van der Waals surface area contributed by atoms with E-state index in [2.05, 4.69) is 15.4 Å². The molecule has 1 atom stereocenters. The molecular weight excluding hydrogens is 350 g/mol. The molecule has 1 aliphatic heterocycles. The van der Waals surface area contributed by atoms with Crippen LogP contribution in [0.1, 0.15) is 19.3 Å². The van der Waals surface area contributed by atoms with E-state index in [0.29, 0.717) is 12.5 Å². The second kappa shape index (κ2) is 8.62. The number of carbonyl (C=O) groups is 1. The predicted molar refractivity (Wildman–Crippen MR) is 102 cm³/mol. The molecule has 2 aromatic rings. The van der Waals surface area contributed by atoms with Gasteiger partial charge in [-0.15, -0.1) is 0 Å². The van der Waals surface area contributed by atoms with Gasteiger partial charge in [0.2, 0.25) is 15.9 Å². The van der Waals surface area contributed by atoms with Gasteiger partial charge in [-0.1, -0.05) is 30.3 Å². The summed E-state index contributed by atoms with van der Waals surface area (Å²) in [7, 11) is -3.62. The maximum absolute atomic E-state index is 12.4. The van der Waals surface area contributed by atoms with Crippen LogP contribution in [-0.2, 0) is 14.8 Å². The third-order valence-corrected chi connectivity index (χ3v) is 6.12. The average Bonchev–Trinajstić information content (AvgIpc) is 2.66. The zero-order valence-corrected chi connectivity index (χ0v) is 15.5. The summed E-state index contributed by atoms with van der Waals surface area (Å²) in [6.07, 6.45) is 2.38. The minimum absolute atomic E-state index is 0.0872. The van der Waals surface area contributed by atoms with Crippen LogP contribution in [0.4, 0.5) is 0 Å². The van der Waals surface area contributed by atoms with Crippen LogP contribution >= 0.6 is 0 Å². The molecule has 140 valence electrons. The third-order valence-electron chi connectivity index (χ3n) is 4.66. The van der Waals surface area contributed by atoms with E-state index < -0.39 is 10.0 Å².